The average Bonchev–Trinajstić information content (AvgIpc) is 2.71. The van der Waals surface area contributed by atoms with Crippen LogP contribution in [0.5, 0.6) is 5.75 Å². The standard InChI is InChI=1S/C11H13ClFNO/c12-9-1-2-10(13)8(11(9)15)5-7-3-4-14-6-7/h1-2,7,14-15H,3-6H2. The number of phenolic OH excluding ortho intramolecular Hbond substituents is 1. The van der Waals surface area contributed by atoms with E-state index in [0.717, 1.165) is 19.5 Å². The molecule has 1 aromatic carbocycles. The zero-order valence-electron chi connectivity index (χ0n) is 8.26. The zero-order chi connectivity index (χ0) is 10.8. The molecule has 1 atom stereocenters. The lowest BCUT2D eigenvalue weighted by Crippen LogP contribution is -2.11. The summed E-state index contributed by atoms with van der Waals surface area (Å²) < 4.78 is 13.4. The molecule has 0 amide bonds. The van der Waals surface area contributed by atoms with Crippen LogP contribution in [-0.2, 0) is 6.42 Å². The largest absolute Gasteiger partial charge is 0.506 e. The van der Waals surface area contributed by atoms with Crippen LogP contribution >= 0.6 is 11.6 Å². The van der Waals surface area contributed by atoms with Gasteiger partial charge in [0.2, 0.25) is 0 Å². The molecule has 4 heteroatoms. The van der Waals surface area contributed by atoms with Gasteiger partial charge >= 0.3 is 0 Å². The van der Waals surface area contributed by atoms with Gasteiger partial charge in [0.05, 0.1) is 5.02 Å². The molecule has 0 radical (unpaired) electrons. The highest BCUT2D eigenvalue weighted by Gasteiger charge is 2.20. The fourth-order valence-corrected chi connectivity index (χ4v) is 2.13. The Balaban J connectivity index is 2.22. The van der Waals surface area contributed by atoms with E-state index in [0.29, 0.717) is 17.9 Å². The van der Waals surface area contributed by atoms with Gasteiger partial charge in [-0.15, -0.1) is 0 Å². The molecule has 0 saturated carbocycles. The number of hydrogen-bond donors (Lipinski definition) is 2. The number of benzene rings is 1. The highest BCUT2D eigenvalue weighted by molar-refractivity contribution is 6.32. The third-order valence-corrected chi connectivity index (χ3v) is 3.14. The van der Waals surface area contributed by atoms with Crippen LogP contribution in [0.4, 0.5) is 4.39 Å². The molecule has 1 saturated heterocycles. The molecule has 1 unspecified atom stereocenters. The van der Waals surface area contributed by atoms with Crippen molar-refractivity contribution in [3.05, 3.63) is 28.5 Å². The third kappa shape index (κ3) is 2.24. The summed E-state index contributed by atoms with van der Waals surface area (Å²) in [5.41, 5.74) is 0.344. The Hall–Kier alpha value is -0.800. The van der Waals surface area contributed by atoms with Gasteiger partial charge in [-0.05, 0) is 44.0 Å². The van der Waals surface area contributed by atoms with Crippen LogP contribution in [0.15, 0.2) is 12.1 Å². The fourth-order valence-electron chi connectivity index (χ4n) is 1.95. The van der Waals surface area contributed by atoms with E-state index in [1.807, 2.05) is 0 Å². The summed E-state index contributed by atoms with van der Waals surface area (Å²) in [6.45, 7) is 1.85. The quantitative estimate of drug-likeness (QED) is 0.816. The van der Waals surface area contributed by atoms with Crippen LogP contribution in [0.1, 0.15) is 12.0 Å². The van der Waals surface area contributed by atoms with Gasteiger partial charge in [0.25, 0.3) is 0 Å². The number of phenols is 1. The summed E-state index contributed by atoms with van der Waals surface area (Å²) in [6, 6.07) is 2.68. The van der Waals surface area contributed by atoms with Crippen molar-refractivity contribution in [2.45, 2.75) is 12.8 Å². The number of nitrogens with one attached hydrogen (secondary N) is 1. The Bertz CT molecular complexity index is 364. The maximum absolute atomic E-state index is 13.4. The van der Waals surface area contributed by atoms with E-state index < -0.39 is 0 Å². The van der Waals surface area contributed by atoms with Crippen LogP contribution in [0.25, 0.3) is 0 Å². The van der Waals surface area contributed by atoms with Crippen LogP contribution in [-0.4, -0.2) is 18.2 Å². The van der Waals surface area contributed by atoms with Gasteiger partial charge in [0, 0.05) is 5.56 Å². The number of aromatic hydroxyl groups is 1. The minimum Gasteiger partial charge on any atom is -0.506 e. The average molecular weight is 230 g/mol. The van der Waals surface area contributed by atoms with Crippen molar-refractivity contribution in [3.63, 3.8) is 0 Å². The van der Waals surface area contributed by atoms with E-state index in [1.54, 1.807) is 0 Å². The predicted molar refractivity (Wildman–Crippen MR) is 57.8 cm³/mol. The number of rotatable bonds is 2. The maximum atomic E-state index is 13.4. The van der Waals surface area contributed by atoms with Gasteiger partial charge in [-0.25, -0.2) is 4.39 Å². The van der Waals surface area contributed by atoms with E-state index in [4.69, 9.17) is 11.6 Å². The molecule has 1 aromatic rings. The maximum Gasteiger partial charge on any atom is 0.140 e. The summed E-state index contributed by atoms with van der Waals surface area (Å²) in [7, 11) is 0. The van der Waals surface area contributed by atoms with Crippen molar-refractivity contribution in [3.8, 4) is 5.75 Å². The number of halogens is 2. The van der Waals surface area contributed by atoms with Gasteiger partial charge in [-0.2, -0.15) is 0 Å². The smallest absolute Gasteiger partial charge is 0.140 e. The molecule has 15 heavy (non-hydrogen) atoms. The lowest BCUT2D eigenvalue weighted by molar-refractivity contribution is 0.447. The monoisotopic (exact) mass is 229 g/mol. The van der Waals surface area contributed by atoms with E-state index in [2.05, 4.69) is 5.32 Å². The van der Waals surface area contributed by atoms with Crippen molar-refractivity contribution in [1.29, 1.82) is 0 Å². The molecule has 2 rings (SSSR count). The van der Waals surface area contributed by atoms with E-state index >= 15 is 0 Å². The molecular weight excluding hydrogens is 217 g/mol. The van der Waals surface area contributed by atoms with Crippen molar-refractivity contribution in [2.75, 3.05) is 13.1 Å². The van der Waals surface area contributed by atoms with Crippen LogP contribution in [0.2, 0.25) is 5.02 Å². The van der Waals surface area contributed by atoms with Gasteiger partial charge < -0.3 is 10.4 Å². The van der Waals surface area contributed by atoms with Crippen molar-refractivity contribution >= 4 is 11.6 Å². The Kier molecular flexibility index (Phi) is 3.12. The van der Waals surface area contributed by atoms with Crippen LogP contribution in [0.3, 0.4) is 0 Å². The van der Waals surface area contributed by atoms with Crippen molar-refractivity contribution in [1.82, 2.24) is 5.32 Å². The zero-order valence-corrected chi connectivity index (χ0v) is 9.02. The second kappa shape index (κ2) is 4.37. The summed E-state index contributed by atoms with van der Waals surface area (Å²) >= 11 is 5.74. The molecule has 2 nitrogen and oxygen atoms in total. The number of hydrogen-bond acceptors (Lipinski definition) is 2. The Labute approximate surface area is 93.1 Å². The predicted octanol–water partition coefficient (Wildman–Crippen LogP) is 2.34. The second-order valence-corrected chi connectivity index (χ2v) is 4.33. The molecule has 82 valence electrons. The van der Waals surface area contributed by atoms with Gasteiger partial charge in [0.1, 0.15) is 11.6 Å². The van der Waals surface area contributed by atoms with E-state index in [1.165, 1.54) is 12.1 Å². The topological polar surface area (TPSA) is 32.3 Å². The van der Waals surface area contributed by atoms with E-state index in [-0.39, 0.29) is 16.6 Å². The minimum atomic E-state index is -0.371. The first-order valence-electron chi connectivity index (χ1n) is 5.05. The molecule has 2 N–H and O–H groups in total. The van der Waals surface area contributed by atoms with Gasteiger partial charge in [0.15, 0.2) is 0 Å². The first-order chi connectivity index (χ1) is 7.18. The Morgan fingerprint density at radius 2 is 2.33 bits per heavy atom. The van der Waals surface area contributed by atoms with Crippen molar-refractivity contribution < 1.29 is 9.50 Å². The molecule has 0 aliphatic carbocycles. The molecule has 1 heterocycles. The SMILES string of the molecule is Oc1c(Cl)ccc(F)c1CC1CCNC1. The lowest BCUT2D eigenvalue weighted by Gasteiger charge is -2.11. The summed E-state index contributed by atoms with van der Waals surface area (Å²) in [5.74, 6) is -0.0868. The Morgan fingerprint density at radius 3 is 3.00 bits per heavy atom. The summed E-state index contributed by atoms with van der Waals surface area (Å²) in [5, 5.41) is 13.1. The van der Waals surface area contributed by atoms with Crippen LogP contribution < -0.4 is 5.32 Å². The fraction of sp³-hybridized carbons (Fsp3) is 0.455. The normalized spacial score (nSPS) is 20.8. The highest BCUT2D eigenvalue weighted by Crippen LogP contribution is 2.32. The van der Waals surface area contributed by atoms with E-state index in [9.17, 15) is 9.50 Å². The molecule has 1 aliphatic rings. The van der Waals surface area contributed by atoms with Gasteiger partial charge in [-0.3, -0.25) is 0 Å². The Morgan fingerprint density at radius 1 is 1.53 bits per heavy atom. The van der Waals surface area contributed by atoms with Crippen molar-refractivity contribution in [2.24, 2.45) is 5.92 Å². The molecule has 0 aromatic heterocycles. The third-order valence-electron chi connectivity index (χ3n) is 2.83. The first-order valence-corrected chi connectivity index (χ1v) is 5.43. The molecule has 1 fully saturated rings. The first kappa shape index (κ1) is 10.7. The summed E-state index contributed by atoms with van der Waals surface area (Å²) in [6.07, 6.45) is 1.57. The molecular formula is C11H13ClFNO. The minimum absolute atomic E-state index is 0.108. The van der Waals surface area contributed by atoms with Crippen LogP contribution in [0, 0.1) is 11.7 Å². The lowest BCUT2D eigenvalue weighted by atomic mass is 9.97. The molecule has 1 aliphatic heterocycles. The second-order valence-electron chi connectivity index (χ2n) is 3.92. The summed E-state index contributed by atoms with van der Waals surface area (Å²) in [4.78, 5) is 0. The van der Waals surface area contributed by atoms with Gasteiger partial charge in [-0.1, -0.05) is 11.6 Å². The highest BCUT2D eigenvalue weighted by atomic mass is 35.5. The molecule has 0 bridgehead atoms. The molecule has 0 spiro atoms.